The zero-order valence-corrected chi connectivity index (χ0v) is 20.7. The molecule has 2 aromatic carbocycles. The summed E-state index contributed by atoms with van der Waals surface area (Å²) in [6.45, 7) is 5.10. The van der Waals surface area contributed by atoms with Gasteiger partial charge in [-0.3, -0.25) is 9.80 Å². The Morgan fingerprint density at radius 3 is 2.26 bits per heavy atom. The molecular formula is C29H38N4O. The summed E-state index contributed by atoms with van der Waals surface area (Å²) in [5, 5.41) is 20.8. The molecule has 180 valence electrons. The van der Waals surface area contributed by atoms with Crippen LogP contribution in [0.25, 0.3) is 0 Å². The van der Waals surface area contributed by atoms with E-state index in [9.17, 15) is 10.4 Å². The van der Waals surface area contributed by atoms with Crippen LogP contribution in [0.15, 0.2) is 54.6 Å². The number of aliphatic hydroxyl groups is 1. The van der Waals surface area contributed by atoms with Gasteiger partial charge in [-0.2, -0.15) is 5.26 Å². The molecule has 3 aliphatic rings. The van der Waals surface area contributed by atoms with Crippen LogP contribution in [0.2, 0.25) is 0 Å². The van der Waals surface area contributed by atoms with Gasteiger partial charge >= 0.3 is 0 Å². The van der Waals surface area contributed by atoms with Crippen LogP contribution in [0.3, 0.4) is 0 Å². The molecule has 1 spiro atoms. The van der Waals surface area contributed by atoms with Gasteiger partial charge in [-0.15, -0.1) is 0 Å². The normalized spacial score (nSPS) is 30.0. The molecule has 2 aliphatic carbocycles. The van der Waals surface area contributed by atoms with E-state index < -0.39 is 6.35 Å². The van der Waals surface area contributed by atoms with E-state index in [2.05, 4.69) is 65.1 Å². The molecule has 5 heteroatoms. The second-order valence-corrected chi connectivity index (χ2v) is 10.7. The molecule has 5 rings (SSSR count). The number of hydrogen-bond acceptors (Lipinski definition) is 5. The molecule has 2 aromatic rings. The molecule has 0 aromatic heterocycles. The van der Waals surface area contributed by atoms with Crippen LogP contribution in [0.1, 0.15) is 63.0 Å². The van der Waals surface area contributed by atoms with Gasteiger partial charge in [-0.1, -0.05) is 43.7 Å². The standard InChI is InChI=1S/C29H38N4O/c1-3-31(2)29(25-10-5-4-6-11-25)18-16-28(17-19-29)22-32(26-14-12-23(20-30)13-15-26)27(34)33(28)21-24-8-7-9-24/h4-6,10-15,24,27,34H,3,7-9,16-19,21-22H2,1-2H3/t27-,28?,29?/m0/s1. The summed E-state index contributed by atoms with van der Waals surface area (Å²) in [5.41, 5.74) is 3.12. The average Bonchev–Trinajstić information content (AvgIpc) is 3.13. The predicted molar refractivity (Wildman–Crippen MR) is 136 cm³/mol. The number of hydrogen-bond donors (Lipinski definition) is 1. The van der Waals surface area contributed by atoms with Crippen molar-refractivity contribution >= 4 is 5.69 Å². The first-order chi connectivity index (χ1) is 16.5. The topological polar surface area (TPSA) is 53.7 Å². The summed E-state index contributed by atoms with van der Waals surface area (Å²) in [7, 11) is 2.27. The molecule has 0 bridgehead atoms. The number of benzene rings is 2. The van der Waals surface area contributed by atoms with E-state index in [1.807, 2.05) is 24.3 Å². The fourth-order valence-corrected chi connectivity index (χ4v) is 6.61. The Morgan fingerprint density at radius 2 is 1.71 bits per heavy atom. The second-order valence-electron chi connectivity index (χ2n) is 10.7. The number of nitriles is 1. The maximum atomic E-state index is 11.6. The lowest BCUT2D eigenvalue weighted by Gasteiger charge is -2.52. The molecule has 1 N–H and O–H groups in total. The minimum atomic E-state index is -0.610. The van der Waals surface area contributed by atoms with Crippen LogP contribution in [0, 0.1) is 17.2 Å². The number of aliphatic hydroxyl groups excluding tert-OH is 1. The van der Waals surface area contributed by atoms with Gasteiger partial charge in [0.05, 0.1) is 11.6 Å². The zero-order valence-electron chi connectivity index (χ0n) is 20.7. The third kappa shape index (κ3) is 3.92. The molecular weight excluding hydrogens is 420 g/mol. The van der Waals surface area contributed by atoms with Crippen molar-refractivity contribution in [2.24, 2.45) is 5.92 Å². The lowest BCUT2D eigenvalue weighted by Crippen LogP contribution is -2.57. The highest BCUT2D eigenvalue weighted by molar-refractivity contribution is 5.52. The molecule has 0 unspecified atom stereocenters. The third-order valence-corrected chi connectivity index (χ3v) is 9.16. The van der Waals surface area contributed by atoms with E-state index in [4.69, 9.17) is 0 Å². The van der Waals surface area contributed by atoms with E-state index in [0.717, 1.165) is 51.0 Å². The maximum Gasteiger partial charge on any atom is 0.187 e. The SMILES string of the molecule is CCN(C)C1(c2ccccc2)CCC2(CC1)CN(c1ccc(C#N)cc1)[C@H](O)N2CC1CCC1. The Morgan fingerprint density at radius 1 is 1.03 bits per heavy atom. The van der Waals surface area contributed by atoms with Crippen molar-refractivity contribution in [3.05, 3.63) is 65.7 Å². The van der Waals surface area contributed by atoms with Gasteiger partial charge in [0.2, 0.25) is 0 Å². The Bertz CT molecular complexity index is 1000. The van der Waals surface area contributed by atoms with Gasteiger partial charge < -0.3 is 10.0 Å². The first kappa shape index (κ1) is 23.4. The van der Waals surface area contributed by atoms with E-state index in [-0.39, 0.29) is 11.1 Å². The maximum absolute atomic E-state index is 11.6. The smallest absolute Gasteiger partial charge is 0.187 e. The number of anilines is 1. The Labute approximate surface area is 204 Å². The van der Waals surface area contributed by atoms with E-state index >= 15 is 0 Å². The Hall–Kier alpha value is -2.39. The average molecular weight is 459 g/mol. The predicted octanol–water partition coefficient (Wildman–Crippen LogP) is 4.92. The van der Waals surface area contributed by atoms with E-state index in [0.29, 0.717) is 11.5 Å². The lowest BCUT2D eigenvalue weighted by atomic mass is 9.67. The molecule has 34 heavy (non-hydrogen) atoms. The third-order valence-electron chi connectivity index (χ3n) is 9.16. The first-order valence-electron chi connectivity index (χ1n) is 13.0. The van der Waals surface area contributed by atoms with Crippen LogP contribution < -0.4 is 4.90 Å². The molecule has 1 atom stereocenters. The van der Waals surface area contributed by atoms with Gasteiger partial charge in [0, 0.05) is 29.9 Å². The molecule has 1 heterocycles. The van der Waals surface area contributed by atoms with Gasteiger partial charge in [0.15, 0.2) is 6.35 Å². The molecule has 1 saturated heterocycles. The van der Waals surface area contributed by atoms with E-state index in [1.54, 1.807) is 0 Å². The van der Waals surface area contributed by atoms with Crippen LogP contribution >= 0.6 is 0 Å². The van der Waals surface area contributed by atoms with Crippen molar-refractivity contribution in [1.82, 2.24) is 9.80 Å². The van der Waals surface area contributed by atoms with E-state index in [1.165, 1.54) is 24.8 Å². The Kier molecular flexibility index (Phi) is 6.41. The van der Waals surface area contributed by atoms with Crippen molar-refractivity contribution in [2.45, 2.75) is 69.3 Å². The highest BCUT2D eigenvalue weighted by Crippen LogP contribution is 2.51. The summed E-state index contributed by atoms with van der Waals surface area (Å²) in [5.74, 6) is 0.701. The van der Waals surface area contributed by atoms with Crippen LogP contribution in [-0.2, 0) is 5.54 Å². The molecule has 1 aliphatic heterocycles. The van der Waals surface area contributed by atoms with Gasteiger partial charge in [-0.25, -0.2) is 0 Å². The van der Waals surface area contributed by atoms with Gasteiger partial charge in [0.1, 0.15) is 0 Å². The molecule has 0 radical (unpaired) electrons. The quantitative estimate of drug-likeness (QED) is 0.666. The number of rotatable bonds is 6. The highest BCUT2D eigenvalue weighted by atomic mass is 16.3. The first-order valence-corrected chi connectivity index (χ1v) is 13.0. The van der Waals surface area contributed by atoms with Crippen molar-refractivity contribution in [3.8, 4) is 6.07 Å². The summed E-state index contributed by atoms with van der Waals surface area (Å²) < 4.78 is 0. The van der Waals surface area contributed by atoms with Gasteiger partial charge in [-0.05, 0) is 87.9 Å². The van der Waals surface area contributed by atoms with Gasteiger partial charge in [0.25, 0.3) is 0 Å². The summed E-state index contributed by atoms with van der Waals surface area (Å²) in [6, 6.07) is 20.9. The summed E-state index contributed by atoms with van der Waals surface area (Å²) in [6.07, 6.45) is 7.60. The number of nitrogens with zero attached hydrogens (tertiary/aromatic N) is 4. The zero-order chi connectivity index (χ0) is 23.8. The lowest BCUT2D eigenvalue weighted by molar-refractivity contribution is -0.0681. The molecule has 2 saturated carbocycles. The van der Waals surface area contributed by atoms with Crippen molar-refractivity contribution in [1.29, 1.82) is 5.26 Å². The van der Waals surface area contributed by atoms with Crippen molar-refractivity contribution < 1.29 is 5.11 Å². The van der Waals surface area contributed by atoms with Crippen LogP contribution in [-0.4, -0.2) is 53.5 Å². The summed E-state index contributed by atoms with van der Waals surface area (Å²) in [4.78, 5) is 7.14. The molecule has 0 amide bonds. The summed E-state index contributed by atoms with van der Waals surface area (Å²) >= 11 is 0. The molecule has 5 nitrogen and oxygen atoms in total. The highest BCUT2D eigenvalue weighted by Gasteiger charge is 2.55. The van der Waals surface area contributed by atoms with Crippen LogP contribution in [0.5, 0.6) is 0 Å². The largest absolute Gasteiger partial charge is 0.361 e. The Balaban J connectivity index is 1.44. The van der Waals surface area contributed by atoms with Crippen molar-refractivity contribution in [2.75, 3.05) is 31.6 Å². The fraction of sp³-hybridized carbons (Fsp3) is 0.552. The minimum Gasteiger partial charge on any atom is -0.361 e. The van der Waals surface area contributed by atoms with Crippen LogP contribution in [0.4, 0.5) is 5.69 Å². The monoisotopic (exact) mass is 458 g/mol. The molecule has 3 fully saturated rings. The second kappa shape index (κ2) is 9.34. The minimum absolute atomic E-state index is 0.0181. The fourth-order valence-electron chi connectivity index (χ4n) is 6.61. The van der Waals surface area contributed by atoms with Crippen molar-refractivity contribution in [3.63, 3.8) is 0 Å².